The number of amides is 1. The smallest absolute Gasteiger partial charge is 0.354 e. The van der Waals surface area contributed by atoms with Crippen LogP contribution in [0, 0.1) is 0 Å². The van der Waals surface area contributed by atoms with Gasteiger partial charge in [-0.2, -0.15) is 13.2 Å². The predicted octanol–water partition coefficient (Wildman–Crippen LogP) is 3.33. The van der Waals surface area contributed by atoms with E-state index in [-0.39, 0.29) is 5.56 Å². The van der Waals surface area contributed by atoms with Crippen molar-refractivity contribution >= 4 is 5.91 Å². The Morgan fingerprint density at radius 1 is 1.10 bits per heavy atom. The molecule has 6 heteroatoms. The highest BCUT2D eigenvalue weighted by atomic mass is 19.4. The number of carbonyl (C=O) groups excluding carboxylic acids is 1. The van der Waals surface area contributed by atoms with Gasteiger partial charge in [0.2, 0.25) is 0 Å². The van der Waals surface area contributed by atoms with Crippen LogP contribution in [0.3, 0.4) is 0 Å². The Labute approximate surface area is 120 Å². The van der Waals surface area contributed by atoms with Crippen LogP contribution in [0.2, 0.25) is 0 Å². The van der Waals surface area contributed by atoms with Gasteiger partial charge in [-0.3, -0.25) is 4.79 Å². The first kappa shape index (κ1) is 15.2. The number of nitrogens with one attached hydrogen (secondary N) is 1. The molecule has 1 heterocycles. The fourth-order valence-corrected chi connectivity index (χ4v) is 2.01. The van der Waals surface area contributed by atoms with E-state index < -0.39 is 17.6 Å². The quantitative estimate of drug-likeness (QED) is 0.844. The Balaban J connectivity index is 1.92. The van der Waals surface area contributed by atoms with Crippen LogP contribution >= 0.6 is 0 Å². The van der Waals surface area contributed by atoms with Crippen molar-refractivity contribution in [1.82, 2.24) is 9.88 Å². The van der Waals surface area contributed by atoms with Crippen molar-refractivity contribution in [2.75, 3.05) is 6.54 Å². The second-order valence-corrected chi connectivity index (χ2v) is 4.57. The molecule has 0 saturated heterocycles. The lowest BCUT2D eigenvalue weighted by Gasteiger charge is -2.12. The fraction of sp³-hybridized carbons (Fsp3) is 0.267. The zero-order valence-electron chi connectivity index (χ0n) is 11.2. The van der Waals surface area contributed by atoms with Crippen molar-refractivity contribution in [3.8, 4) is 0 Å². The molecule has 0 atom stereocenters. The summed E-state index contributed by atoms with van der Waals surface area (Å²) in [6, 6.07) is 8.56. The summed E-state index contributed by atoms with van der Waals surface area (Å²) in [7, 11) is 0. The molecule has 0 bridgehead atoms. The number of nitrogens with zero attached hydrogens (tertiary/aromatic N) is 1. The summed E-state index contributed by atoms with van der Waals surface area (Å²) < 4.78 is 40.3. The predicted molar refractivity (Wildman–Crippen MR) is 72.8 cm³/mol. The van der Waals surface area contributed by atoms with Gasteiger partial charge in [-0.1, -0.05) is 12.1 Å². The number of aromatic nitrogens is 1. The van der Waals surface area contributed by atoms with Crippen LogP contribution in [-0.4, -0.2) is 17.0 Å². The van der Waals surface area contributed by atoms with Crippen LogP contribution in [0.15, 0.2) is 48.8 Å². The molecule has 0 fully saturated rings. The molecule has 1 aromatic heterocycles. The molecule has 0 spiro atoms. The van der Waals surface area contributed by atoms with Crippen molar-refractivity contribution < 1.29 is 18.0 Å². The number of hydrogen-bond donors (Lipinski definition) is 1. The number of carbonyl (C=O) groups is 1. The maximum atomic E-state index is 12.8. The topological polar surface area (TPSA) is 34.0 Å². The van der Waals surface area contributed by atoms with E-state index in [2.05, 4.69) is 5.32 Å². The summed E-state index contributed by atoms with van der Waals surface area (Å²) in [6.45, 7) is 1.03. The first-order valence-corrected chi connectivity index (χ1v) is 6.53. The van der Waals surface area contributed by atoms with Crippen molar-refractivity contribution in [2.24, 2.45) is 0 Å². The van der Waals surface area contributed by atoms with Crippen molar-refractivity contribution in [3.05, 3.63) is 59.9 Å². The number of halogens is 3. The highest BCUT2D eigenvalue weighted by Gasteiger charge is 2.34. The molecule has 0 unspecified atom stereocenters. The molecule has 0 aliphatic carbocycles. The molecule has 2 aromatic rings. The van der Waals surface area contributed by atoms with E-state index in [1.54, 1.807) is 0 Å². The van der Waals surface area contributed by atoms with Gasteiger partial charge in [0.05, 0.1) is 11.1 Å². The standard InChI is InChI=1S/C15H15F3N2O/c16-15(17,18)13-7-2-1-6-12(13)14(21)19-8-5-11-20-9-3-4-10-20/h1-4,6-7,9-10H,5,8,11H2,(H,19,21). The number of benzene rings is 1. The largest absolute Gasteiger partial charge is 0.417 e. The van der Waals surface area contributed by atoms with Gasteiger partial charge in [-0.05, 0) is 30.7 Å². The van der Waals surface area contributed by atoms with Gasteiger partial charge < -0.3 is 9.88 Å². The molecular formula is C15H15F3N2O. The van der Waals surface area contributed by atoms with Crippen LogP contribution < -0.4 is 5.32 Å². The van der Waals surface area contributed by atoms with Crippen LogP contribution in [0.4, 0.5) is 13.2 Å². The molecule has 3 nitrogen and oxygen atoms in total. The van der Waals surface area contributed by atoms with Crippen LogP contribution in [-0.2, 0) is 12.7 Å². The summed E-state index contributed by atoms with van der Waals surface area (Å²) in [5, 5.41) is 2.52. The molecule has 1 amide bonds. The van der Waals surface area contributed by atoms with E-state index in [4.69, 9.17) is 0 Å². The summed E-state index contributed by atoms with van der Waals surface area (Å²) in [4.78, 5) is 11.9. The van der Waals surface area contributed by atoms with Crippen LogP contribution in [0.25, 0.3) is 0 Å². The molecule has 0 aliphatic heterocycles. The Kier molecular flexibility index (Phi) is 4.67. The van der Waals surface area contributed by atoms with Crippen LogP contribution in [0.5, 0.6) is 0 Å². The lowest BCUT2D eigenvalue weighted by Crippen LogP contribution is -2.27. The average Bonchev–Trinajstić information content (AvgIpc) is 2.95. The molecule has 112 valence electrons. The van der Waals surface area contributed by atoms with Gasteiger partial charge in [0.25, 0.3) is 5.91 Å². The van der Waals surface area contributed by atoms with E-state index in [0.29, 0.717) is 19.5 Å². The van der Waals surface area contributed by atoms with Gasteiger partial charge in [-0.15, -0.1) is 0 Å². The van der Waals surface area contributed by atoms with Gasteiger partial charge in [0.15, 0.2) is 0 Å². The summed E-state index contributed by atoms with van der Waals surface area (Å²) >= 11 is 0. The number of aryl methyl sites for hydroxylation is 1. The third-order valence-electron chi connectivity index (χ3n) is 3.02. The average molecular weight is 296 g/mol. The monoisotopic (exact) mass is 296 g/mol. The minimum atomic E-state index is -4.53. The molecule has 2 rings (SSSR count). The van der Waals surface area contributed by atoms with Gasteiger partial charge in [0, 0.05) is 25.5 Å². The molecule has 21 heavy (non-hydrogen) atoms. The molecular weight excluding hydrogens is 281 g/mol. The second-order valence-electron chi connectivity index (χ2n) is 4.57. The van der Waals surface area contributed by atoms with Crippen molar-refractivity contribution in [1.29, 1.82) is 0 Å². The Hall–Kier alpha value is -2.24. The van der Waals surface area contributed by atoms with Gasteiger partial charge in [-0.25, -0.2) is 0 Å². The first-order chi connectivity index (χ1) is 9.98. The normalized spacial score (nSPS) is 11.4. The second kappa shape index (κ2) is 6.47. The molecule has 1 aromatic carbocycles. The molecule has 0 aliphatic rings. The fourth-order valence-electron chi connectivity index (χ4n) is 2.01. The highest BCUT2D eigenvalue weighted by molar-refractivity contribution is 5.95. The summed E-state index contributed by atoms with van der Waals surface area (Å²) in [5.74, 6) is -0.699. The molecule has 0 radical (unpaired) electrons. The Morgan fingerprint density at radius 2 is 1.76 bits per heavy atom. The van der Waals surface area contributed by atoms with Gasteiger partial charge in [0.1, 0.15) is 0 Å². The lowest BCUT2D eigenvalue weighted by molar-refractivity contribution is -0.137. The third-order valence-corrected chi connectivity index (χ3v) is 3.02. The van der Waals surface area contributed by atoms with E-state index in [1.165, 1.54) is 18.2 Å². The maximum Gasteiger partial charge on any atom is 0.417 e. The maximum absolute atomic E-state index is 12.8. The number of rotatable bonds is 5. The van der Waals surface area contributed by atoms with E-state index >= 15 is 0 Å². The third kappa shape index (κ3) is 4.11. The molecule has 0 saturated carbocycles. The van der Waals surface area contributed by atoms with Crippen molar-refractivity contribution in [3.63, 3.8) is 0 Å². The number of hydrogen-bond acceptors (Lipinski definition) is 1. The SMILES string of the molecule is O=C(NCCCn1cccc1)c1ccccc1C(F)(F)F. The molecule has 1 N–H and O–H groups in total. The minimum Gasteiger partial charge on any atom is -0.354 e. The van der Waals surface area contributed by atoms with E-state index in [9.17, 15) is 18.0 Å². The first-order valence-electron chi connectivity index (χ1n) is 6.53. The Bertz CT molecular complexity index is 591. The zero-order valence-corrected chi connectivity index (χ0v) is 11.2. The Morgan fingerprint density at radius 3 is 2.43 bits per heavy atom. The van der Waals surface area contributed by atoms with Crippen molar-refractivity contribution in [2.45, 2.75) is 19.1 Å². The van der Waals surface area contributed by atoms with Gasteiger partial charge >= 0.3 is 6.18 Å². The summed E-state index contributed by atoms with van der Waals surface area (Å²) in [5.41, 5.74) is -1.25. The lowest BCUT2D eigenvalue weighted by atomic mass is 10.1. The minimum absolute atomic E-state index is 0.323. The zero-order chi connectivity index (χ0) is 15.3. The van der Waals surface area contributed by atoms with E-state index in [1.807, 2.05) is 29.1 Å². The van der Waals surface area contributed by atoms with E-state index in [0.717, 1.165) is 6.07 Å². The number of alkyl halides is 3. The van der Waals surface area contributed by atoms with Crippen LogP contribution in [0.1, 0.15) is 22.3 Å². The highest BCUT2D eigenvalue weighted by Crippen LogP contribution is 2.31. The summed E-state index contributed by atoms with van der Waals surface area (Å²) in [6.07, 6.45) is -0.102.